The van der Waals surface area contributed by atoms with Gasteiger partial charge in [-0.15, -0.1) is 0 Å². The van der Waals surface area contributed by atoms with E-state index in [2.05, 4.69) is 0 Å². The molecule has 106 valence electrons. The molecule has 0 heterocycles. The second kappa shape index (κ2) is 7.46. The third-order valence-corrected chi connectivity index (χ3v) is 4.61. The predicted octanol–water partition coefficient (Wildman–Crippen LogP) is 3.21. The van der Waals surface area contributed by atoms with Gasteiger partial charge in [-0.25, -0.2) is 4.79 Å². The fourth-order valence-corrected chi connectivity index (χ4v) is 3.24. The van der Waals surface area contributed by atoms with E-state index in [9.17, 15) is 9.36 Å². The minimum absolute atomic E-state index is 0.290. The Morgan fingerprint density at radius 1 is 1.26 bits per heavy atom. The van der Waals surface area contributed by atoms with Gasteiger partial charge in [0.1, 0.15) is 0 Å². The Kier molecular flexibility index (Phi) is 6.26. The van der Waals surface area contributed by atoms with E-state index in [-0.39, 0.29) is 6.61 Å². The van der Waals surface area contributed by atoms with Gasteiger partial charge in [0.2, 0.25) is 7.37 Å². The summed E-state index contributed by atoms with van der Waals surface area (Å²) in [5, 5.41) is 0.435. The lowest BCUT2D eigenvalue weighted by Gasteiger charge is -2.16. The minimum Gasteiger partial charge on any atom is -0.462 e. The van der Waals surface area contributed by atoms with Crippen LogP contribution >= 0.6 is 7.37 Å². The SMILES string of the molecule is CCCCOP(C)(=O)c1ccccc1C(=O)OCC. The number of rotatable bonds is 7. The van der Waals surface area contributed by atoms with E-state index in [0.717, 1.165) is 12.8 Å². The molecule has 1 aromatic rings. The van der Waals surface area contributed by atoms with E-state index in [1.165, 1.54) is 0 Å². The molecular formula is C14H21O4P. The van der Waals surface area contributed by atoms with Crippen molar-refractivity contribution in [1.29, 1.82) is 0 Å². The number of carbonyl (C=O) groups excluding carboxylic acids is 1. The van der Waals surface area contributed by atoms with Crippen molar-refractivity contribution in [3.63, 3.8) is 0 Å². The van der Waals surface area contributed by atoms with Crippen molar-refractivity contribution in [2.24, 2.45) is 0 Å². The molecule has 4 nitrogen and oxygen atoms in total. The molecule has 19 heavy (non-hydrogen) atoms. The molecule has 0 saturated carbocycles. The maximum Gasteiger partial charge on any atom is 0.338 e. The average molecular weight is 284 g/mol. The Morgan fingerprint density at radius 3 is 2.58 bits per heavy atom. The summed E-state index contributed by atoms with van der Waals surface area (Å²) in [6, 6.07) is 6.75. The Bertz CT molecular complexity index is 470. The fraction of sp³-hybridized carbons (Fsp3) is 0.500. The molecular weight excluding hydrogens is 263 g/mol. The van der Waals surface area contributed by atoms with E-state index < -0.39 is 13.3 Å². The van der Waals surface area contributed by atoms with Crippen LogP contribution in [-0.2, 0) is 13.8 Å². The summed E-state index contributed by atoms with van der Waals surface area (Å²) in [5.41, 5.74) is 0.326. The Hall–Kier alpha value is -1.12. The van der Waals surface area contributed by atoms with E-state index in [1.54, 1.807) is 37.9 Å². The van der Waals surface area contributed by atoms with Crippen molar-refractivity contribution in [3.05, 3.63) is 29.8 Å². The van der Waals surface area contributed by atoms with Crippen LogP contribution < -0.4 is 5.30 Å². The lowest BCUT2D eigenvalue weighted by Crippen LogP contribution is -2.19. The van der Waals surface area contributed by atoms with Crippen LogP contribution in [0.2, 0.25) is 0 Å². The van der Waals surface area contributed by atoms with Crippen molar-refractivity contribution >= 4 is 18.6 Å². The monoisotopic (exact) mass is 284 g/mol. The van der Waals surface area contributed by atoms with Gasteiger partial charge in [0, 0.05) is 6.66 Å². The molecule has 0 radical (unpaired) electrons. The summed E-state index contributed by atoms with van der Waals surface area (Å²) in [6.07, 6.45) is 1.82. The molecule has 0 aliphatic carbocycles. The molecule has 1 rings (SSSR count). The molecule has 0 N–H and O–H groups in total. The van der Waals surface area contributed by atoms with E-state index in [4.69, 9.17) is 9.26 Å². The molecule has 0 amide bonds. The van der Waals surface area contributed by atoms with Gasteiger partial charge in [-0.2, -0.15) is 0 Å². The molecule has 1 unspecified atom stereocenters. The van der Waals surface area contributed by atoms with Gasteiger partial charge in [-0.1, -0.05) is 25.5 Å². The van der Waals surface area contributed by atoms with Crippen LogP contribution in [0.3, 0.4) is 0 Å². The Labute approximate surface area is 114 Å². The van der Waals surface area contributed by atoms with Crippen molar-refractivity contribution in [2.75, 3.05) is 19.9 Å². The quantitative estimate of drug-likeness (QED) is 0.438. The Balaban J connectivity index is 2.98. The summed E-state index contributed by atoms with van der Waals surface area (Å²) in [7, 11) is -2.99. The van der Waals surface area contributed by atoms with E-state index in [0.29, 0.717) is 17.5 Å². The summed E-state index contributed by atoms with van der Waals surface area (Å²) in [5.74, 6) is -0.459. The molecule has 0 aliphatic rings. The normalized spacial score (nSPS) is 13.8. The van der Waals surface area contributed by atoms with Gasteiger partial charge >= 0.3 is 5.97 Å². The average Bonchev–Trinajstić information content (AvgIpc) is 2.39. The smallest absolute Gasteiger partial charge is 0.338 e. The molecule has 1 atom stereocenters. The number of benzene rings is 1. The summed E-state index contributed by atoms with van der Waals surface area (Å²) >= 11 is 0. The molecule has 5 heteroatoms. The second-order valence-corrected chi connectivity index (χ2v) is 6.70. The van der Waals surface area contributed by atoms with E-state index >= 15 is 0 Å². The Morgan fingerprint density at radius 2 is 1.95 bits per heavy atom. The van der Waals surface area contributed by atoms with Crippen LogP contribution in [0.25, 0.3) is 0 Å². The molecule has 0 bridgehead atoms. The molecule has 0 fully saturated rings. The first-order valence-electron chi connectivity index (χ1n) is 6.51. The highest BCUT2D eigenvalue weighted by molar-refractivity contribution is 7.66. The number of hydrogen-bond acceptors (Lipinski definition) is 4. The van der Waals surface area contributed by atoms with Crippen LogP contribution in [-0.4, -0.2) is 25.8 Å². The van der Waals surface area contributed by atoms with Gasteiger partial charge in [-0.3, -0.25) is 4.57 Å². The van der Waals surface area contributed by atoms with Crippen LogP contribution in [0.4, 0.5) is 0 Å². The van der Waals surface area contributed by atoms with Gasteiger partial charge < -0.3 is 9.26 Å². The minimum atomic E-state index is -2.99. The third-order valence-electron chi connectivity index (χ3n) is 2.67. The lowest BCUT2D eigenvalue weighted by atomic mass is 10.2. The zero-order chi connectivity index (χ0) is 14.3. The fourth-order valence-electron chi connectivity index (χ4n) is 1.66. The van der Waals surface area contributed by atoms with Crippen molar-refractivity contribution in [3.8, 4) is 0 Å². The maximum atomic E-state index is 12.6. The van der Waals surface area contributed by atoms with Crippen LogP contribution in [0.5, 0.6) is 0 Å². The van der Waals surface area contributed by atoms with Crippen molar-refractivity contribution in [1.82, 2.24) is 0 Å². The number of hydrogen-bond donors (Lipinski definition) is 0. The standard InChI is InChI=1S/C14H21O4P/c1-4-6-11-18-19(3,16)13-10-8-7-9-12(13)14(15)17-5-2/h7-10H,4-6,11H2,1-3H3. The largest absolute Gasteiger partial charge is 0.462 e. The van der Waals surface area contributed by atoms with Gasteiger partial charge in [0.15, 0.2) is 0 Å². The first-order chi connectivity index (χ1) is 9.03. The highest BCUT2D eigenvalue weighted by Gasteiger charge is 2.25. The highest BCUT2D eigenvalue weighted by Crippen LogP contribution is 2.42. The topological polar surface area (TPSA) is 52.6 Å². The van der Waals surface area contributed by atoms with Gasteiger partial charge in [-0.05, 0) is 25.5 Å². The number of esters is 1. The zero-order valence-electron chi connectivity index (χ0n) is 11.7. The van der Waals surface area contributed by atoms with Crippen LogP contribution in [0, 0.1) is 0 Å². The van der Waals surface area contributed by atoms with Crippen molar-refractivity contribution in [2.45, 2.75) is 26.7 Å². The second-order valence-electron chi connectivity index (χ2n) is 4.27. The highest BCUT2D eigenvalue weighted by atomic mass is 31.2. The molecule has 0 aliphatic heterocycles. The summed E-state index contributed by atoms with van der Waals surface area (Å²) in [6.45, 7) is 6.04. The van der Waals surface area contributed by atoms with Crippen LogP contribution in [0.15, 0.2) is 24.3 Å². The van der Waals surface area contributed by atoms with E-state index in [1.807, 2.05) is 6.92 Å². The molecule has 1 aromatic carbocycles. The van der Waals surface area contributed by atoms with Gasteiger partial charge in [0.25, 0.3) is 0 Å². The number of unbranched alkanes of at least 4 members (excludes halogenated alkanes) is 1. The van der Waals surface area contributed by atoms with Crippen molar-refractivity contribution < 1.29 is 18.6 Å². The zero-order valence-corrected chi connectivity index (χ0v) is 12.6. The summed E-state index contributed by atoms with van der Waals surface area (Å²) < 4.78 is 23.0. The maximum absolute atomic E-state index is 12.6. The predicted molar refractivity (Wildman–Crippen MR) is 76.4 cm³/mol. The number of carbonyl (C=O) groups is 1. The molecule has 0 saturated heterocycles. The van der Waals surface area contributed by atoms with Gasteiger partial charge in [0.05, 0.1) is 24.1 Å². The number of ether oxygens (including phenoxy) is 1. The lowest BCUT2D eigenvalue weighted by molar-refractivity contribution is 0.0527. The molecule has 0 spiro atoms. The van der Waals surface area contributed by atoms with Crippen LogP contribution in [0.1, 0.15) is 37.0 Å². The summed E-state index contributed by atoms with van der Waals surface area (Å²) in [4.78, 5) is 11.8. The third kappa shape index (κ3) is 4.48. The first-order valence-corrected chi connectivity index (χ1v) is 8.59. The first kappa shape index (κ1) is 15.9. The molecule has 0 aromatic heterocycles.